The molecule has 172 valence electrons. The Kier molecular flexibility index (Phi) is 9.67. The van der Waals surface area contributed by atoms with Crippen LogP contribution >= 0.6 is 24.0 Å². The van der Waals surface area contributed by atoms with Gasteiger partial charge >= 0.3 is 0 Å². The van der Waals surface area contributed by atoms with Crippen LogP contribution in [0.25, 0.3) is 0 Å². The number of hydrogen-bond donors (Lipinski definition) is 2. The zero-order valence-corrected chi connectivity index (χ0v) is 21.2. The molecule has 0 spiro atoms. The van der Waals surface area contributed by atoms with E-state index in [-0.39, 0.29) is 35.2 Å². The minimum Gasteiger partial charge on any atom is -0.357 e. The predicted octanol–water partition coefficient (Wildman–Crippen LogP) is 3.84. The predicted molar refractivity (Wildman–Crippen MR) is 131 cm³/mol. The standard InChI is InChI=1S/C22H33FN6O.HI/c1-5-24-21(25-14-19-27-20(30-28-19)22(2,3)4)26-18-10-12-29(13-11-18)15-16-6-8-17(23)9-7-16;/h6-9,18H,5,10-15H2,1-4H3,(H2,24,25,26);1H. The summed E-state index contributed by atoms with van der Waals surface area (Å²) in [6.45, 7) is 12.2. The maximum atomic E-state index is 13.1. The molecule has 0 radical (unpaired) electrons. The smallest absolute Gasteiger partial charge is 0.232 e. The van der Waals surface area contributed by atoms with Crippen LogP contribution in [0.4, 0.5) is 4.39 Å². The number of nitrogens with zero attached hydrogens (tertiary/aromatic N) is 4. The second-order valence-corrected chi connectivity index (χ2v) is 8.78. The number of benzene rings is 1. The number of aromatic nitrogens is 2. The second kappa shape index (κ2) is 11.8. The first kappa shape index (κ1) is 25.5. The van der Waals surface area contributed by atoms with Crippen molar-refractivity contribution >= 4 is 29.9 Å². The maximum absolute atomic E-state index is 13.1. The average molecular weight is 544 g/mol. The van der Waals surface area contributed by atoms with Gasteiger partial charge in [0.15, 0.2) is 11.8 Å². The Labute approximate surface area is 201 Å². The molecule has 2 heterocycles. The van der Waals surface area contributed by atoms with Gasteiger partial charge in [0.25, 0.3) is 0 Å². The summed E-state index contributed by atoms with van der Waals surface area (Å²) in [6, 6.07) is 7.13. The monoisotopic (exact) mass is 544 g/mol. The Bertz CT molecular complexity index is 825. The van der Waals surface area contributed by atoms with Crippen molar-refractivity contribution in [2.75, 3.05) is 19.6 Å². The van der Waals surface area contributed by atoms with Gasteiger partial charge in [-0.1, -0.05) is 38.1 Å². The fourth-order valence-electron chi connectivity index (χ4n) is 3.37. The molecule has 1 aliphatic rings. The average Bonchev–Trinajstić information content (AvgIpc) is 3.19. The van der Waals surface area contributed by atoms with Gasteiger partial charge in [0.05, 0.1) is 0 Å². The van der Waals surface area contributed by atoms with Crippen LogP contribution in [-0.2, 0) is 18.5 Å². The summed E-state index contributed by atoms with van der Waals surface area (Å²) in [5, 5.41) is 10.9. The van der Waals surface area contributed by atoms with Gasteiger partial charge in [0.1, 0.15) is 12.4 Å². The van der Waals surface area contributed by atoms with Crippen LogP contribution in [0, 0.1) is 5.82 Å². The Morgan fingerprint density at radius 1 is 1.23 bits per heavy atom. The minimum absolute atomic E-state index is 0. The highest BCUT2D eigenvalue weighted by atomic mass is 127. The van der Waals surface area contributed by atoms with E-state index in [0.29, 0.717) is 24.3 Å². The molecular formula is C22H34FIN6O. The van der Waals surface area contributed by atoms with Gasteiger partial charge in [-0.15, -0.1) is 24.0 Å². The molecular weight excluding hydrogens is 510 g/mol. The van der Waals surface area contributed by atoms with Crippen LogP contribution < -0.4 is 10.6 Å². The number of hydrogen-bond acceptors (Lipinski definition) is 5. The van der Waals surface area contributed by atoms with E-state index in [0.717, 1.165) is 50.5 Å². The fraction of sp³-hybridized carbons (Fsp3) is 0.591. The normalized spacial score (nSPS) is 16.1. The largest absolute Gasteiger partial charge is 0.357 e. The van der Waals surface area contributed by atoms with Crippen LogP contribution in [0.3, 0.4) is 0 Å². The SMILES string of the molecule is CCNC(=NCc1noc(C(C)(C)C)n1)NC1CCN(Cc2ccc(F)cc2)CC1.I. The highest BCUT2D eigenvalue weighted by molar-refractivity contribution is 14.0. The Morgan fingerprint density at radius 3 is 2.48 bits per heavy atom. The van der Waals surface area contributed by atoms with Gasteiger partial charge in [-0.2, -0.15) is 4.98 Å². The van der Waals surface area contributed by atoms with E-state index >= 15 is 0 Å². The van der Waals surface area contributed by atoms with Crippen LogP contribution in [0.15, 0.2) is 33.8 Å². The van der Waals surface area contributed by atoms with E-state index in [9.17, 15) is 4.39 Å². The van der Waals surface area contributed by atoms with E-state index in [2.05, 4.69) is 37.6 Å². The molecule has 0 atom stereocenters. The van der Waals surface area contributed by atoms with Gasteiger partial charge in [-0.3, -0.25) is 4.90 Å². The highest BCUT2D eigenvalue weighted by Crippen LogP contribution is 2.19. The summed E-state index contributed by atoms with van der Waals surface area (Å²) in [7, 11) is 0. The lowest BCUT2D eigenvalue weighted by Gasteiger charge is -2.33. The van der Waals surface area contributed by atoms with Gasteiger partial charge < -0.3 is 15.2 Å². The van der Waals surface area contributed by atoms with E-state index in [1.165, 1.54) is 12.1 Å². The van der Waals surface area contributed by atoms with Crippen molar-refractivity contribution in [1.82, 2.24) is 25.7 Å². The summed E-state index contributed by atoms with van der Waals surface area (Å²) >= 11 is 0. The molecule has 1 aliphatic heterocycles. The van der Waals surface area contributed by atoms with Gasteiger partial charge in [0, 0.05) is 37.6 Å². The Morgan fingerprint density at radius 2 is 1.90 bits per heavy atom. The topological polar surface area (TPSA) is 78.6 Å². The summed E-state index contributed by atoms with van der Waals surface area (Å²) in [5.74, 6) is 1.80. The van der Waals surface area contributed by atoms with Crippen molar-refractivity contribution in [3.63, 3.8) is 0 Å². The first-order valence-electron chi connectivity index (χ1n) is 10.7. The first-order chi connectivity index (χ1) is 14.3. The second-order valence-electron chi connectivity index (χ2n) is 8.78. The molecule has 0 bridgehead atoms. The zero-order chi connectivity index (χ0) is 21.6. The molecule has 1 aromatic heterocycles. The number of guanidine groups is 1. The molecule has 3 rings (SSSR count). The molecule has 9 heteroatoms. The fourth-order valence-corrected chi connectivity index (χ4v) is 3.37. The quantitative estimate of drug-likeness (QED) is 0.327. The highest BCUT2D eigenvalue weighted by Gasteiger charge is 2.22. The van der Waals surface area contributed by atoms with Crippen molar-refractivity contribution < 1.29 is 8.91 Å². The third-order valence-electron chi connectivity index (χ3n) is 5.08. The number of likely N-dealkylation sites (tertiary alicyclic amines) is 1. The summed E-state index contributed by atoms with van der Waals surface area (Å²) in [4.78, 5) is 11.5. The van der Waals surface area contributed by atoms with Gasteiger partial charge in [-0.05, 0) is 37.5 Å². The van der Waals surface area contributed by atoms with Crippen LogP contribution in [0.1, 0.15) is 57.8 Å². The number of piperidine rings is 1. The molecule has 1 saturated heterocycles. The lowest BCUT2D eigenvalue weighted by molar-refractivity contribution is 0.198. The third-order valence-corrected chi connectivity index (χ3v) is 5.08. The Hall–Kier alpha value is -1.75. The number of rotatable bonds is 6. The molecule has 2 N–H and O–H groups in total. The number of aliphatic imine (C=N–C) groups is 1. The van der Waals surface area contributed by atoms with Gasteiger partial charge in [0.2, 0.25) is 5.89 Å². The van der Waals surface area contributed by atoms with E-state index in [1.54, 1.807) is 0 Å². The molecule has 1 aromatic carbocycles. The minimum atomic E-state index is -0.188. The molecule has 31 heavy (non-hydrogen) atoms. The molecule has 0 unspecified atom stereocenters. The van der Waals surface area contributed by atoms with Gasteiger partial charge in [-0.25, -0.2) is 9.38 Å². The molecule has 0 saturated carbocycles. The molecule has 7 nitrogen and oxygen atoms in total. The summed E-state index contributed by atoms with van der Waals surface area (Å²) in [5.41, 5.74) is 0.979. The summed E-state index contributed by atoms with van der Waals surface area (Å²) < 4.78 is 18.4. The number of halogens is 2. The molecule has 2 aromatic rings. The molecule has 1 fully saturated rings. The third kappa shape index (κ3) is 8.03. The lowest BCUT2D eigenvalue weighted by Crippen LogP contribution is -2.48. The zero-order valence-electron chi connectivity index (χ0n) is 18.8. The lowest BCUT2D eigenvalue weighted by atomic mass is 9.97. The van der Waals surface area contributed by atoms with Crippen molar-refractivity contribution in [1.29, 1.82) is 0 Å². The molecule has 0 aliphatic carbocycles. The van der Waals surface area contributed by atoms with Crippen molar-refractivity contribution in [2.24, 2.45) is 4.99 Å². The molecule has 0 amide bonds. The first-order valence-corrected chi connectivity index (χ1v) is 10.7. The maximum Gasteiger partial charge on any atom is 0.232 e. The summed E-state index contributed by atoms with van der Waals surface area (Å²) in [6.07, 6.45) is 2.06. The van der Waals surface area contributed by atoms with Crippen molar-refractivity contribution in [3.05, 3.63) is 47.4 Å². The Balaban J connectivity index is 0.00000341. The van der Waals surface area contributed by atoms with E-state index < -0.39 is 0 Å². The van der Waals surface area contributed by atoms with Crippen molar-refractivity contribution in [3.8, 4) is 0 Å². The van der Waals surface area contributed by atoms with Crippen LogP contribution in [0.5, 0.6) is 0 Å². The van der Waals surface area contributed by atoms with Crippen LogP contribution in [0.2, 0.25) is 0 Å². The van der Waals surface area contributed by atoms with Crippen LogP contribution in [-0.4, -0.2) is 46.7 Å². The number of nitrogens with one attached hydrogen (secondary N) is 2. The van der Waals surface area contributed by atoms with E-state index in [4.69, 9.17) is 4.52 Å². The van der Waals surface area contributed by atoms with Crippen molar-refractivity contribution in [2.45, 2.75) is 65.1 Å². The van der Waals surface area contributed by atoms with E-state index in [1.807, 2.05) is 32.9 Å².